The van der Waals surface area contributed by atoms with Crippen molar-refractivity contribution in [3.05, 3.63) is 29.6 Å². The van der Waals surface area contributed by atoms with Gasteiger partial charge in [-0.2, -0.15) is 12.6 Å². The number of benzene rings is 1. The Bertz CT molecular complexity index is 352. The average molecular weight is 246 g/mol. The van der Waals surface area contributed by atoms with Crippen molar-refractivity contribution in [2.75, 3.05) is 11.2 Å². The Labute approximate surface area is 98.7 Å². The molecule has 2 atom stereocenters. The Morgan fingerprint density at radius 1 is 1.44 bits per heavy atom. The molecule has 2 unspecified atom stereocenters. The largest absolute Gasteiger partial charge is 0.390 e. The zero-order valence-electron chi connectivity index (χ0n) is 8.60. The highest BCUT2D eigenvalue weighted by Gasteiger charge is 2.18. The summed E-state index contributed by atoms with van der Waals surface area (Å²) in [5, 5.41) is 19.2. The summed E-state index contributed by atoms with van der Waals surface area (Å²) in [7, 11) is 0. The summed E-state index contributed by atoms with van der Waals surface area (Å²) in [6, 6.07) is 4.05. The first-order chi connectivity index (χ1) is 7.60. The van der Waals surface area contributed by atoms with Gasteiger partial charge in [-0.3, -0.25) is 5.84 Å². The molecule has 0 aromatic heterocycles. The van der Waals surface area contributed by atoms with E-state index in [-0.39, 0.29) is 5.69 Å². The van der Waals surface area contributed by atoms with Crippen molar-refractivity contribution >= 4 is 18.3 Å². The molecule has 1 aromatic rings. The lowest BCUT2D eigenvalue weighted by Gasteiger charge is -2.17. The fraction of sp³-hybridized carbons (Fsp3) is 0.400. The second-order valence-corrected chi connectivity index (χ2v) is 3.86. The molecule has 5 N–H and O–H groups in total. The van der Waals surface area contributed by atoms with E-state index in [1.165, 1.54) is 12.1 Å². The third-order valence-corrected chi connectivity index (χ3v) is 2.54. The van der Waals surface area contributed by atoms with Gasteiger partial charge in [-0.1, -0.05) is 6.07 Å². The van der Waals surface area contributed by atoms with E-state index in [9.17, 15) is 14.6 Å². The molecule has 0 amide bonds. The van der Waals surface area contributed by atoms with E-state index in [0.29, 0.717) is 17.7 Å². The first-order valence-electron chi connectivity index (χ1n) is 4.83. The predicted molar refractivity (Wildman–Crippen MR) is 63.6 cm³/mol. The number of halogens is 1. The van der Waals surface area contributed by atoms with Crippen molar-refractivity contribution in [2.24, 2.45) is 5.84 Å². The maximum atomic E-state index is 13.3. The zero-order chi connectivity index (χ0) is 12.1. The second kappa shape index (κ2) is 6.05. The third kappa shape index (κ3) is 3.08. The molecule has 90 valence electrons. The summed E-state index contributed by atoms with van der Waals surface area (Å²) in [4.78, 5) is 0. The van der Waals surface area contributed by atoms with Crippen LogP contribution in [-0.4, -0.2) is 22.1 Å². The molecule has 0 spiro atoms. The van der Waals surface area contributed by atoms with Gasteiger partial charge >= 0.3 is 0 Å². The number of aliphatic hydroxyl groups is 2. The normalized spacial score (nSPS) is 14.6. The predicted octanol–water partition coefficient (Wildman–Crippen LogP) is 0.825. The van der Waals surface area contributed by atoms with Gasteiger partial charge in [-0.15, -0.1) is 0 Å². The van der Waals surface area contributed by atoms with Gasteiger partial charge in [-0.25, -0.2) is 4.39 Å². The lowest BCUT2D eigenvalue weighted by atomic mass is 10.0. The number of hydrogen-bond acceptors (Lipinski definition) is 5. The van der Waals surface area contributed by atoms with Crippen LogP contribution in [0.4, 0.5) is 10.1 Å². The fourth-order valence-electron chi connectivity index (χ4n) is 1.34. The van der Waals surface area contributed by atoms with Gasteiger partial charge in [0.05, 0.1) is 11.8 Å². The molecule has 0 saturated carbocycles. The molecular weight excluding hydrogens is 231 g/mol. The van der Waals surface area contributed by atoms with Crippen LogP contribution >= 0.6 is 12.6 Å². The van der Waals surface area contributed by atoms with Crippen LogP contribution in [0.1, 0.15) is 18.1 Å². The summed E-state index contributed by atoms with van der Waals surface area (Å²) < 4.78 is 13.3. The first kappa shape index (κ1) is 13.2. The van der Waals surface area contributed by atoms with Crippen LogP contribution in [0.2, 0.25) is 0 Å². The molecule has 0 aliphatic rings. The van der Waals surface area contributed by atoms with Crippen LogP contribution in [0, 0.1) is 5.82 Å². The van der Waals surface area contributed by atoms with Gasteiger partial charge in [0.2, 0.25) is 0 Å². The highest BCUT2D eigenvalue weighted by molar-refractivity contribution is 7.80. The molecule has 0 fully saturated rings. The van der Waals surface area contributed by atoms with E-state index < -0.39 is 18.0 Å². The van der Waals surface area contributed by atoms with E-state index in [2.05, 4.69) is 18.1 Å². The van der Waals surface area contributed by atoms with Crippen molar-refractivity contribution in [1.29, 1.82) is 0 Å². The minimum atomic E-state index is -1.12. The van der Waals surface area contributed by atoms with Gasteiger partial charge in [0.1, 0.15) is 11.9 Å². The summed E-state index contributed by atoms with van der Waals surface area (Å²) in [5.74, 6) is 4.95. The molecule has 1 aromatic carbocycles. The molecule has 0 bridgehead atoms. The van der Waals surface area contributed by atoms with Gasteiger partial charge in [0.25, 0.3) is 0 Å². The van der Waals surface area contributed by atoms with Crippen LogP contribution in [0.3, 0.4) is 0 Å². The summed E-state index contributed by atoms with van der Waals surface area (Å²) in [6.07, 6.45) is -1.73. The van der Waals surface area contributed by atoms with Crippen molar-refractivity contribution in [2.45, 2.75) is 18.6 Å². The highest BCUT2D eigenvalue weighted by atomic mass is 32.1. The number of nitrogens with two attached hydrogens (primary N) is 1. The molecule has 6 heteroatoms. The quantitative estimate of drug-likeness (QED) is 0.303. The molecule has 4 nitrogen and oxygen atoms in total. The van der Waals surface area contributed by atoms with E-state index in [4.69, 9.17) is 5.84 Å². The van der Waals surface area contributed by atoms with Gasteiger partial charge in [-0.05, 0) is 29.9 Å². The van der Waals surface area contributed by atoms with Gasteiger partial charge in [0, 0.05) is 0 Å². The fourth-order valence-corrected chi connectivity index (χ4v) is 1.61. The molecule has 0 aliphatic carbocycles. The summed E-state index contributed by atoms with van der Waals surface area (Å²) in [5.41, 5.74) is 2.63. The van der Waals surface area contributed by atoms with E-state index in [0.717, 1.165) is 6.07 Å². The molecule has 0 saturated heterocycles. The number of rotatable bonds is 5. The molecular formula is C10H15FN2O2S. The lowest BCUT2D eigenvalue weighted by Crippen LogP contribution is -2.19. The van der Waals surface area contributed by atoms with Crippen LogP contribution < -0.4 is 11.3 Å². The maximum Gasteiger partial charge on any atom is 0.147 e. The van der Waals surface area contributed by atoms with Crippen molar-refractivity contribution in [3.63, 3.8) is 0 Å². The number of thiol groups is 1. The smallest absolute Gasteiger partial charge is 0.147 e. The molecule has 0 aliphatic heterocycles. The number of nitrogens with one attached hydrogen (secondary N) is 1. The monoisotopic (exact) mass is 246 g/mol. The SMILES string of the molecule is NNc1ccc(C(O)C(O)CCS)cc1F. The number of anilines is 1. The van der Waals surface area contributed by atoms with Crippen molar-refractivity contribution in [3.8, 4) is 0 Å². The number of aliphatic hydroxyl groups excluding tert-OH is 2. The Balaban J connectivity index is 2.84. The van der Waals surface area contributed by atoms with Gasteiger partial charge in [0.15, 0.2) is 0 Å². The third-order valence-electron chi connectivity index (χ3n) is 2.28. The van der Waals surface area contributed by atoms with Crippen molar-refractivity contribution in [1.82, 2.24) is 0 Å². The van der Waals surface area contributed by atoms with E-state index in [1.54, 1.807) is 0 Å². The minimum absolute atomic E-state index is 0.139. The van der Waals surface area contributed by atoms with E-state index >= 15 is 0 Å². The number of hydrogen-bond donors (Lipinski definition) is 5. The van der Waals surface area contributed by atoms with Crippen LogP contribution in [0.25, 0.3) is 0 Å². The number of hydrazine groups is 1. The average Bonchev–Trinajstić information content (AvgIpc) is 2.28. The maximum absolute atomic E-state index is 13.3. The standard InChI is InChI=1S/C10H15FN2O2S/c11-7-5-6(1-2-8(7)13-12)10(15)9(14)3-4-16/h1-2,5,9-10,13-16H,3-4,12H2. The Hall–Kier alpha value is -0.820. The Morgan fingerprint density at radius 3 is 2.62 bits per heavy atom. The van der Waals surface area contributed by atoms with Crippen molar-refractivity contribution < 1.29 is 14.6 Å². The molecule has 0 heterocycles. The number of nitrogen functional groups attached to an aromatic ring is 1. The van der Waals surface area contributed by atoms with Crippen LogP contribution in [0.5, 0.6) is 0 Å². The molecule has 16 heavy (non-hydrogen) atoms. The van der Waals surface area contributed by atoms with E-state index in [1.807, 2.05) is 0 Å². The first-order valence-corrected chi connectivity index (χ1v) is 5.46. The molecule has 1 rings (SSSR count). The lowest BCUT2D eigenvalue weighted by molar-refractivity contribution is 0.0171. The summed E-state index contributed by atoms with van der Waals surface area (Å²) in [6.45, 7) is 0. The minimum Gasteiger partial charge on any atom is -0.390 e. The topological polar surface area (TPSA) is 78.5 Å². The van der Waals surface area contributed by atoms with Crippen LogP contribution in [-0.2, 0) is 0 Å². The van der Waals surface area contributed by atoms with Gasteiger partial charge < -0.3 is 15.6 Å². The Morgan fingerprint density at radius 2 is 2.12 bits per heavy atom. The van der Waals surface area contributed by atoms with Crippen LogP contribution in [0.15, 0.2) is 18.2 Å². The summed E-state index contributed by atoms with van der Waals surface area (Å²) >= 11 is 3.95. The second-order valence-electron chi connectivity index (χ2n) is 3.41. The Kier molecular flexibility index (Phi) is 5.01. The highest BCUT2D eigenvalue weighted by Crippen LogP contribution is 2.23. The zero-order valence-corrected chi connectivity index (χ0v) is 9.49. The molecule has 0 radical (unpaired) electrons.